The van der Waals surface area contributed by atoms with Crippen molar-refractivity contribution in [2.45, 2.75) is 18.8 Å². The molecule has 1 saturated carbocycles. The molecule has 18 heavy (non-hydrogen) atoms. The van der Waals surface area contributed by atoms with Gasteiger partial charge >= 0.3 is 0 Å². The Labute approximate surface area is 104 Å². The van der Waals surface area contributed by atoms with Gasteiger partial charge in [0, 0.05) is 24.7 Å². The quantitative estimate of drug-likeness (QED) is 0.272. The third-order valence-corrected chi connectivity index (χ3v) is 2.96. The largest absolute Gasteiger partial charge is 0.321 e. The Kier molecular flexibility index (Phi) is 3.15. The summed E-state index contributed by atoms with van der Waals surface area (Å²) < 4.78 is 0. The van der Waals surface area contributed by atoms with Crippen molar-refractivity contribution in [3.05, 3.63) is 39.4 Å². The molecule has 7 nitrogen and oxygen atoms in total. The Bertz CT molecular complexity index is 508. The first-order valence-corrected chi connectivity index (χ1v) is 5.59. The topological polar surface area (TPSA) is 111 Å². The van der Waals surface area contributed by atoms with Gasteiger partial charge < -0.3 is 5.84 Å². The zero-order chi connectivity index (χ0) is 13.3. The number of hydrazone groups is 1. The van der Waals surface area contributed by atoms with Crippen molar-refractivity contribution in [1.82, 2.24) is 5.01 Å². The molecule has 0 aromatic heterocycles. The average molecular weight is 249 g/mol. The first-order chi connectivity index (χ1) is 8.54. The summed E-state index contributed by atoms with van der Waals surface area (Å²) in [7, 11) is 1.60. The van der Waals surface area contributed by atoms with E-state index < -0.39 is 4.92 Å². The van der Waals surface area contributed by atoms with E-state index in [1.54, 1.807) is 13.1 Å². The Hall–Kier alpha value is -2.15. The molecule has 0 saturated heterocycles. The molecule has 0 bridgehead atoms. The molecule has 1 aliphatic rings. The minimum atomic E-state index is -0.440. The van der Waals surface area contributed by atoms with Crippen LogP contribution < -0.4 is 11.7 Å². The Morgan fingerprint density at radius 2 is 2.22 bits per heavy atom. The monoisotopic (exact) mass is 249 g/mol. The van der Waals surface area contributed by atoms with E-state index in [1.165, 1.54) is 17.1 Å². The molecular formula is C11H15N5O2. The third kappa shape index (κ3) is 2.25. The number of nitro groups is 1. The minimum absolute atomic E-state index is 0.0115. The first-order valence-electron chi connectivity index (χ1n) is 5.59. The molecule has 1 aromatic carbocycles. The lowest BCUT2D eigenvalue weighted by Gasteiger charge is -2.17. The van der Waals surface area contributed by atoms with Gasteiger partial charge in [-0.25, -0.2) is 5.84 Å². The van der Waals surface area contributed by atoms with E-state index in [1.807, 2.05) is 0 Å². The molecule has 4 N–H and O–H groups in total. The summed E-state index contributed by atoms with van der Waals surface area (Å²) >= 11 is 0. The molecule has 0 spiro atoms. The SMILES string of the molecule is CN(N)/C(=N\N)c1cc([N+](=O)[O-])ccc1C1CC1. The molecule has 1 fully saturated rings. The van der Waals surface area contributed by atoms with Crippen LogP contribution in [0.15, 0.2) is 23.3 Å². The van der Waals surface area contributed by atoms with Gasteiger partial charge in [-0.05, 0) is 24.3 Å². The fraction of sp³-hybridized carbons (Fsp3) is 0.364. The van der Waals surface area contributed by atoms with Crippen molar-refractivity contribution in [2.75, 3.05) is 7.05 Å². The Morgan fingerprint density at radius 1 is 1.56 bits per heavy atom. The lowest BCUT2D eigenvalue weighted by atomic mass is 10.0. The summed E-state index contributed by atoms with van der Waals surface area (Å²) in [5.41, 5.74) is 1.67. The van der Waals surface area contributed by atoms with Crippen LogP contribution in [0.1, 0.15) is 29.9 Å². The van der Waals surface area contributed by atoms with Crippen molar-refractivity contribution in [2.24, 2.45) is 16.8 Å². The van der Waals surface area contributed by atoms with Crippen LogP contribution in [0.3, 0.4) is 0 Å². The van der Waals surface area contributed by atoms with Crippen molar-refractivity contribution < 1.29 is 4.92 Å². The van der Waals surface area contributed by atoms with E-state index >= 15 is 0 Å². The van der Waals surface area contributed by atoms with E-state index in [0.29, 0.717) is 17.3 Å². The fourth-order valence-corrected chi connectivity index (χ4v) is 1.95. The maximum atomic E-state index is 10.8. The van der Waals surface area contributed by atoms with E-state index in [0.717, 1.165) is 18.4 Å². The van der Waals surface area contributed by atoms with Crippen LogP contribution in [0.25, 0.3) is 0 Å². The standard InChI is InChI=1S/C11H15N5O2/c1-15(13)11(14-12)10-6-8(16(17)18)4-5-9(10)7-2-3-7/h4-7H,2-3,12-13H2,1H3/b14-11-. The molecule has 2 rings (SSSR count). The summed E-state index contributed by atoms with van der Waals surface area (Å²) in [6.45, 7) is 0. The van der Waals surface area contributed by atoms with E-state index in [4.69, 9.17) is 11.7 Å². The van der Waals surface area contributed by atoms with Gasteiger partial charge in [0.2, 0.25) is 0 Å². The van der Waals surface area contributed by atoms with Gasteiger partial charge in [-0.2, -0.15) is 5.10 Å². The molecule has 1 aromatic rings. The highest BCUT2D eigenvalue weighted by molar-refractivity contribution is 6.00. The van der Waals surface area contributed by atoms with Crippen LogP contribution in [0, 0.1) is 10.1 Å². The van der Waals surface area contributed by atoms with Gasteiger partial charge in [0.15, 0.2) is 5.84 Å². The van der Waals surface area contributed by atoms with Crippen molar-refractivity contribution in [1.29, 1.82) is 0 Å². The molecule has 96 valence electrons. The summed E-state index contributed by atoms with van der Waals surface area (Å²) in [6, 6.07) is 4.74. The molecule has 0 unspecified atom stereocenters. The third-order valence-electron chi connectivity index (χ3n) is 2.96. The molecule has 0 aliphatic heterocycles. The summed E-state index contributed by atoms with van der Waals surface area (Å²) in [4.78, 5) is 10.4. The van der Waals surface area contributed by atoms with E-state index in [-0.39, 0.29) is 5.69 Å². The number of nitro benzene ring substituents is 1. The van der Waals surface area contributed by atoms with Gasteiger partial charge in [-0.1, -0.05) is 6.07 Å². The van der Waals surface area contributed by atoms with Crippen LogP contribution in [-0.2, 0) is 0 Å². The summed E-state index contributed by atoms with van der Waals surface area (Å²) in [6.07, 6.45) is 2.16. The number of hydrogen-bond acceptors (Lipinski definition) is 5. The van der Waals surface area contributed by atoms with Crippen LogP contribution in [0.5, 0.6) is 0 Å². The molecule has 0 radical (unpaired) electrons. The molecule has 7 heteroatoms. The number of benzene rings is 1. The van der Waals surface area contributed by atoms with Gasteiger partial charge in [-0.3, -0.25) is 15.1 Å². The maximum absolute atomic E-state index is 10.8. The van der Waals surface area contributed by atoms with E-state index in [2.05, 4.69) is 5.10 Å². The Balaban J connectivity index is 2.53. The maximum Gasteiger partial charge on any atom is 0.270 e. The lowest BCUT2D eigenvalue weighted by molar-refractivity contribution is -0.384. The lowest BCUT2D eigenvalue weighted by Crippen LogP contribution is -2.35. The Morgan fingerprint density at radius 3 is 2.67 bits per heavy atom. The van der Waals surface area contributed by atoms with E-state index in [9.17, 15) is 10.1 Å². The number of amidine groups is 1. The zero-order valence-electron chi connectivity index (χ0n) is 10.0. The molecule has 0 atom stereocenters. The first kappa shape index (κ1) is 12.3. The van der Waals surface area contributed by atoms with Crippen molar-refractivity contribution in [3.8, 4) is 0 Å². The highest BCUT2D eigenvalue weighted by atomic mass is 16.6. The smallest absolute Gasteiger partial charge is 0.270 e. The number of nitrogens with two attached hydrogens (primary N) is 2. The van der Waals surface area contributed by atoms with Gasteiger partial charge in [0.25, 0.3) is 5.69 Å². The van der Waals surface area contributed by atoms with Gasteiger partial charge in [0.05, 0.1) is 4.92 Å². The van der Waals surface area contributed by atoms with Crippen molar-refractivity contribution in [3.63, 3.8) is 0 Å². The van der Waals surface area contributed by atoms with Crippen LogP contribution in [0.4, 0.5) is 5.69 Å². The minimum Gasteiger partial charge on any atom is -0.321 e. The summed E-state index contributed by atoms with van der Waals surface area (Å²) in [5.74, 6) is 11.7. The fourth-order valence-electron chi connectivity index (χ4n) is 1.95. The van der Waals surface area contributed by atoms with Crippen LogP contribution >= 0.6 is 0 Å². The van der Waals surface area contributed by atoms with Gasteiger partial charge in [0.1, 0.15) is 0 Å². The van der Waals surface area contributed by atoms with Crippen LogP contribution in [-0.4, -0.2) is 22.8 Å². The summed E-state index contributed by atoms with van der Waals surface area (Å²) in [5, 5.41) is 15.7. The van der Waals surface area contributed by atoms with Crippen molar-refractivity contribution >= 4 is 11.5 Å². The predicted octanol–water partition coefficient (Wildman–Crippen LogP) is 0.898. The molecular weight excluding hydrogens is 234 g/mol. The molecule has 1 aliphatic carbocycles. The number of hydrogen-bond donors (Lipinski definition) is 2. The second-order valence-electron chi connectivity index (χ2n) is 4.37. The number of rotatable bonds is 3. The van der Waals surface area contributed by atoms with Gasteiger partial charge in [-0.15, -0.1) is 0 Å². The normalized spacial score (nSPS) is 15.6. The second kappa shape index (κ2) is 4.61. The number of hydrazine groups is 1. The van der Waals surface area contributed by atoms with Crippen LogP contribution in [0.2, 0.25) is 0 Å². The number of non-ortho nitro benzene ring substituents is 1. The highest BCUT2D eigenvalue weighted by Crippen LogP contribution is 2.42. The predicted molar refractivity (Wildman–Crippen MR) is 67.7 cm³/mol. The molecule has 0 amide bonds. The second-order valence-corrected chi connectivity index (χ2v) is 4.37. The zero-order valence-corrected chi connectivity index (χ0v) is 10.0. The average Bonchev–Trinajstić information content (AvgIpc) is 3.13. The highest BCUT2D eigenvalue weighted by Gasteiger charge is 2.29. The number of nitrogens with zero attached hydrogens (tertiary/aromatic N) is 3. The molecule has 0 heterocycles.